The van der Waals surface area contributed by atoms with Gasteiger partial charge in [0.1, 0.15) is 23.8 Å². The Bertz CT molecular complexity index is 1150. The van der Waals surface area contributed by atoms with E-state index in [4.69, 9.17) is 9.47 Å². The van der Waals surface area contributed by atoms with Gasteiger partial charge in [0.2, 0.25) is 0 Å². The molecule has 4 aromatic rings. The maximum Gasteiger partial charge on any atom is 0.276 e. The van der Waals surface area contributed by atoms with Crippen LogP contribution in [0.2, 0.25) is 0 Å². The van der Waals surface area contributed by atoms with Crippen LogP contribution in [0, 0.1) is 6.92 Å². The quantitative estimate of drug-likeness (QED) is 0.477. The Labute approximate surface area is 177 Å². The van der Waals surface area contributed by atoms with E-state index in [9.17, 15) is 4.79 Å². The van der Waals surface area contributed by atoms with Crippen molar-refractivity contribution >= 4 is 22.9 Å². The molecule has 8 heteroatoms. The number of benzene rings is 2. The van der Waals surface area contributed by atoms with Gasteiger partial charge < -0.3 is 14.8 Å². The summed E-state index contributed by atoms with van der Waals surface area (Å²) >= 11 is 1.51. The standard InChI is InChI=1S/C22H20N4O3S/c1-15-7-8-21(28-2)19(11-15)26-10-9-18(25-26)22(27)24-17-5-3-4-6-20(17)29-12-16-13-30-14-23-16/h3-11,13-14H,12H2,1-2H3,(H,24,27). The Morgan fingerprint density at radius 2 is 2.03 bits per heavy atom. The molecular weight excluding hydrogens is 400 g/mol. The van der Waals surface area contributed by atoms with Gasteiger partial charge in [-0.15, -0.1) is 11.3 Å². The summed E-state index contributed by atoms with van der Waals surface area (Å²) in [5.74, 6) is 0.917. The molecule has 4 rings (SSSR count). The Morgan fingerprint density at radius 1 is 1.17 bits per heavy atom. The average molecular weight is 420 g/mol. The lowest BCUT2D eigenvalue weighted by molar-refractivity contribution is 0.102. The molecule has 1 N–H and O–H groups in total. The van der Waals surface area contributed by atoms with Crippen molar-refractivity contribution in [2.75, 3.05) is 12.4 Å². The smallest absolute Gasteiger partial charge is 0.276 e. The van der Waals surface area contributed by atoms with Crippen molar-refractivity contribution in [3.05, 3.63) is 82.6 Å². The number of nitrogens with zero attached hydrogens (tertiary/aromatic N) is 3. The number of carbonyl (C=O) groups is 1. The van der Waals surface area contributed by atoms with E-state index in [-0.39, 0.29) is 11.6 Å². The molecule has 0 aliphatic rings. The summed E-state index contributed by atoms with van der Waals surface area (Å²) in [6.07, 6.45) is 1.73. The molecule has 0 spiro atoms. The number of carbonyl (C=O) groups excluding carboxylic acids is 1. The summed E-state index contributed by atoms with van der Waals surface area (Å²) in [5.41, 5.74) is 5.29. The van der Waals surface area contributed by atoms with Gasteiger partial charge in [0.05, 0.1) is 24.0 Å². The third-order valence-electron chi connectivity index (χ3n) is 4.40. The SMILES string of the molecule is COc1ccc(C)cc1-n1ccc(C(=O)Nc2ccccc2OCc2cscn2)n1. The fourth-order valence-electron chi connectivity index (χ4n) is 2.90. The van der Waals surface area contributed by atoms with E-state index in [0.29, 0.717) is 23.8 Å². The molecular formula is C22H20N4O3S. The minimum atomic E-state index is -0.329. The number of ether oxygens (including phenoxy) is 2. The minimum Gasteiger partial charge on any atom is -0.494 e. The number of rotatable bonds is 7. The normalized spacial score (nSPS) is 10.6. The van der Waals surface area contributed by atoms with E-state index in [1.165, 1.54) is 11.3 Å². The first kappa shape index (κ1) is 19.7. The highest BCUT2D eigenvalue weighted by atomic mass is 32.1. The molecule has 0 bridgehead atoms. The van der Waals surface area contributed by atoms with E-state index in [1.54, 1.807) is 41.7 Å². The predicted molar refractivity (Wildman–Crippen MR) is 116 cm³/mol. The van der Waals surface area contributed by atoms with E-state index in [2.05, 4.69) is 15.4 Å². The summed E-state index contributed by atoms with van der Waals surface area (Å²) in [6, 6.07) is 14.7. The van der Waals surface area contributed by atoms with Crippen molar-refractivity contribution < 1.29 is 14.3 Å². The Balaban J connectivity index is 1.51. The lowest BCUT2D eigenvalue weighted by Crippen LogP contribution is -2.14. The van der Waals surface area contributed by atoms with Crippen LogP contribution in [-0.4, -0.2) is 27.8 Å². The van der Waals surface area contributed by atoms with Crippen LogP contribution in [0.3, 0.4) is 0 Å². The molecule has 152 valence electrons. The highest BCUT2D eigenvalue weighted by molar-refractivity contribution is 7.07. The number of aryl methyl sites for hydroxylation is 1. The largest absolute Gasteiger partial charge is 0.494 e. The van der Waals surface area contributed by atoms with E-state index in [0.717, 1.165) is 16.9 Å². The van der Waals surface area contributed by atoms with Crippen LogP contribution in [0.4, 0.5) is 5.69 Å². The minimum absolute atomic E-state index is 0.285. The summed E-state index contributed by atoms with van der Waals surface area (Å²) in [7, 11) is 1.60. The van der Waals surface area contributed by atoms with Crippen LogP contribution in [0.15, 0.2) is 65.6 Å². The molecule has 2 heterocycles. The molecule has 0 aliphatic heterocycles. The van der Waals surface area contributed by atoms with Crippen molar-refractivity contribution in [3.8, 4) is 17.2 Å². The van der Waals surface area contributed by atoms with Gasteiger partial charge in [0, 0.05) is 11.6 Å². The molecule has 0 saturated carbocycles. The number of para-hydroxylation sites is 2. The molecule has 2 aromatic heterocycles. The summed E-state index contributed by atoms with van der Waals surface area (Å²) in [5, 5.41) is 9.21. The predicted octanol–water partition coefficient (Wildman–Crippen LogP) is 4.48. The maximum absolute atomic E-state index is 12.8. The van der Waals surface area contributed by atoms with Crippen molar-refractivity contribution in [2.24, 2.45) is 0 Å². The zero-order valence-corrected chi connectivity index (χ0v) is 17.3. The molecule has 0 saturated heterocycles. The monoisotopic (exact) mass is 420 g/mol. The molecule has 0 unspecified atom stereocenters. The van der Waals surface area contributed by atoms with Gasteiger partial charge in [-0.3, -0.25) is 4.79 Å². The van der Waals surface area contributed by atoms with Crippen LogP contribution in [0.5, 0.6) is 11.5 Å². The van der Waals surface area contributed by atoms with Gasteiger partial charge in [-0.1, -0.05) is 18.2 Å². The molecule has 0 atom stereocenters. The fraction of sp³-hybridized carbons (Fsp3) is 0.136. The third kappa shape index (κ3) is 4.33. The number of methoxy groups -OCH3 is 1. The topological polar surface area (TPSA) is 78.3 Å². The summed E-state index contributed by atoms with van der Waals surface area (Å²) in [6.45, 7) is 2.32. The molecule has 7 nitrogen and oxygen atoms in total. The number of amides is 1. The van der Waals surface area contributed by atoms with E-state index >= 15 is 0 Å². The maximum atomic E-state index is 12.8. The number of aromatic nitrogens is 3. The van der Waals surface area contributed by atoms with Crippen LogP contribution in [0.1, 0.15) is 21.7 Å². The van der Waals surface area contributed by atoms with E-state index < -0.39 is 0 Å². The lowest BCUT2D eigenvalue weighted by atomic mass is 10.2. The molecule has 0 fully saturated rings. The number of thiazole rings is 1. The first-order valence-corrected chi connectivity index (χ1v) is 10.2. The Hall–Kier alpha value is -3.65. The zero-order chi connectivity index (χ0) is 20.9. The van der Waals surface area contributed by atoms with Gasteiger partial charge >= 0.3 is 0 Å². The van der Waals surface area contributed by atoms with Gasteiger partial charge in [0.15, 0.2) is 5.69 Å². The van der Waals surface area contributed by atoms with Gasteiger partial charge in [-0.05, 0) is 42.8 Å². The number of nitrogens with one attached hydrogen (secondary N) is 1. The van der Waals surface area contributed by atoms with Crippen LogP contribution >= 0.6 is 11.3 Å². The number of hydrogen-bond acceptors (Lipinski definition) is 6. The van der Waals surface area contributed by atoms with Crippen LogP contribution in [0.25, 0.3) is 5.69 Å². The molecule has 30 heavy (non-hydrogen) atoms. The van der Waals surface area contributed by atoms with Crippen molar-refractivity contribution in [1.82, 2.24) is 14.8 Å². The second-order valence-corrected chi connectivity index (χ2v) is 7.26. The first-order valence-electron chi connectivity index (χ1n) is 9.25. The van der Waals surface area contributed by atoms with Crippen molar-refractivity contribution in [3.63, 3.8) is 0 Å². The van der Waals surface area contributed by atoms with Gasteiger partial charge in [0.25, 0.3) is 5.91 Å². The first-order chi connectivity index (χ1) is 14.6. The van der Waals surface area contributed by atoms with Gasteiger partial charge in [-0.25, -0.2) is 9.67 Å². The molecule has 1 amide bonds. The van der Waals surface area contributed by atoms with Crippen molar-refractivity contribution in [2.45, 2.75) is 13.5 Å². The Kier molecular flexibility index (Phi) is 5.76. The number of hydrogen-bond donors (Lipinski definition) is 1. The lowest BCUT2D eigenvalue weighted by Gasteiger charge is -2.11. The summed E-state index contributed by atoms with van der Waals surface area (Å²) in [4.78, 5) is 17.0. The van der Waals surface area contributed by atoms with Crippen molar-refractivity contribution in [1.29, 1.82) is 0 Å². The third-order valence-corrected chi connectivity index (χ3v) is 5.03. The fourth-order valence-corrected chi connectivity index (χ4v) is 3.44. The average Bonchev–Trinajstić information content (AvgIpc) is 3.45. The number of anilines is 1. The summed E-state index contributed by atoms with van der Waals surface area (Å²) < 4.78 is 12.9. The zero-order valence-electron chi connectivity index (χ0n) is 16.5. The highest BCUT2D eigenvalue weighted by Crippen LogP contribution is 2.26. The molecule has 0 radical (unpaired) electrons. The van der Waals surface area contributed by atoms with Gasteiger partial charge in [-0.2, -0.15) is 5.10 Å². The second kappa shape index (κ2) is 8.79. The second-order valence-electron chi connectivity index (χ2n) is 6.54. The highest BCUT2D eigenvalue weighted by Gasteiger charge is 2.15. The van der Waals surface area contributed by atoms with E-state index in [1.807, 2.05) is 42.6 Å². The molecule has 0 aliphatic carbocycles. The molecule has 2 aromatic carbocycles. The van der Waals surface area contributed by atoms with Crippen LogP contribution < -0.4 is 14.8 Å². The Morgan fingerprint density at radius 3 is 2.83 bits per heavy atom. The van der Waals surface area contributed by atoms with Crippen LogP contribution in [-0.2, 0) is 6.61 Å².